The zero-order valence-corrected chi connectivity index (χ0v) is 15.7. The van der Waals surface area contributed by atoms with Gasteiger partial charge in [-0.2, -0.15) is 0 Å². The molecule has 0 spiro atoms. The van der Waals surface area contributed by atoms with Crippen LogP contribution in [-0.2, 0) is 0 Å². The summed E-state index contributed by atoms with van der Waals surface area (Å²) >= 11 is 5.97. The van der Waals surface area contributed by atoms with Gasteiger partial charge in [0.1, 0.15) is 16.9 Å². The van der Waals surface area contributed by atoms with Gasteiger partial charge in [-0.05, 0) is 36.4 Å². The Bertz CT molecular complexity index is 1320. The van der Waals surface area contributed by atoms with Crippen molar-refractivity contribution in [2.24, 2.45) is 0 Å². The minimum Gasteiger partial charge on any atom is -0.350 e. The average molecular weight is 401 g/mol. The van der Waals surface area contributed by atoms with Crippen LogP contribution in [-0.4, -0.2) is 26.6 Å². The highest BCUT2D eigenvalue weighted by Crippen LogP contribution is 2.31. The average Bonchev–Trinajstić information content (AvgIpc) is 3.17. The maximum absolute atomic E-state index is 13.4. The summed E-state index contributed by atoms with van der Waals surface area (Å²) in [6.45, 7) is 0. The lowest BCUT2D eigenvalue weighted by molar-refractivity contribution is 0.0988. The number of fused-ring (bicyclic) bond motifs is 2. The van der Waals surface area contributed by atoms with Crippen molar-refractivity contribution in [3.05, 3.63) is 94.6 Å². The van der Waals surface area contributed by atoms with Crippen molar-refractivity contribution in [1.82, 2.24) is 15.0 Å². The Morgan fingerprint density at radius 2 is 1.45 bits per heavy atom. The van der Waals surface area contributed by atoms with E-state index in [9.17, 15) is 9.59 Å². The van der Waals surface area contributed by atoms with Gasteiger partial charge in [-0.25, -0.2) is 4.68 Å². The molecule has 5 rings (SSSR count). The van der Waals surface area contributed by atoms with Crippen LogP contribution in [0.3, 0.4) is 0 Å². The van der Waals surface area contributed by atoms with Crippen LogP contribution < -0.4 is 5.32 Å². The van der Waals surface area contributed by atoms with Gasteiger partial charge in [0.15, 0.2) is 0 Å². The number of para-hydroxylation sites is 1. The highest BCUT2D eigenvalue weighted by Gasteiger charge is 2.34. The Morgan fingerprint density at radius 3 is 2.21 bits per heavy atom. The van der Waals surface area contributed by atoms with Crippen LogP contribution >= 0.6 is 11.6 Å². The number of nitrogens with one attached hydrogen (secondary N) is 1. The fraction of sp³-hybridized carbons (Fsp3) is 0. The highest BCUT2D eigenvalue weighted by atomic mass is 35.5. The third kappa shape index (κ3) is 2.81. The molecule has 1 heterocycles. The van der Waals surface area contributed by atoms with Gasteiger partial charge < -0.3 is 5.32 Å². The number of hydrogen-bond acceptors (Lipinski definition) is 5. The summed E-state index contributed by atoms with van der Waals surface area (Å²) in [5, 5.41) is 12.0. The molecule has 0 saturated heterocycles. The maximum atomic E-state index is 13.4. The third-order valence-electron chi connectivity index (χ3n) is 4.77. The van der Waals surface area contributed by atoms with Crippen LogP contribution in [0.2, 0.25) is 5.02 Å². The lowest BCUT2D eigenvalue weighted by atomic mass is 9.90. The molecular formula is C22H13ClN4O2. The van der Waals surface area contributed by atoms with Crippen LogP contribution in [0.25, 0.3) is 16.7 Å². The minimum atomic E-state index is -0.299. The van der Waals surface area contributed by atoms with E-state index in [1.165, 1.54) is 4.68 Å². The topological polar surface area (TPSA) is 76.9 Å². The van der Waals surface area contributed by atoms with E-state index in [1.807, 2.05) is 12.1 Å². The Balaban J connectivity index is 1.75. The summed E-state index contributed by atoms with van der Waals surface area (Å²) in [6, 6.07) is 20.9. The Morgan fingerprint density at radius 1 is 0.793 bits per heavy atom. The molecule has 29 heavy (non-hydrogen) atoms. The van der Waals surface area contributed by atoms with Gasteiger partial charge in [0, 0.05) is 21.8 Å². The normalized spacial score (nSPS) is 13.7. The highest BCUT2D eigenvalue weighted by molar-refractivity contribution is 6.38. The molecule has 4 aromatic rings. The molecule has 1 aromatic heterocycles. The SMILES string of the molecule is O=C1C(Nc2ccc(Cl)cc2)=C(n2nnc3ccccc32)C(=O)c2ccccc21. The molecule has 3 aromatic carbocycles. The Hall–Kier alpha value is -3.77. The molecule has 0 unspecified atom stereocenters. The standard InChI is InChI=1S/C22H13ClN4O2/c23-13-9-11-14(12-10-13)24-19-20(27-18-8-4-3-7-17(18)25-26-27)22(29)16-6-2-1-5-15(16)21(19)28/h1-12,24H. The predicted octanol–water partition coefficient (Wildman–Crippen LogP) is 4.44. The predicted molar refractivity (Wildman–Crippen MR) is 111 cm³/mol. The first-order valence-corrected chi connectivity index (χ1v) is 9.27. The molecule has 1 aliphatic rings. The molecule has 0 bridgehead atoms. The molecule has 7 heteroatoms. The quantitative estimate of drug-likeness (QED) is 0.550. The number of carbonyl (C=O) groups excluding carboxylic acids is 2. The summed E-state index contributed by atoms with van der Waals surface area (Å²) in [6.07, 6.45) is 0. The molecule has 0 fully saturated rings. The zero-order chi connectivity index (χ0) is 20.0. The van der Waals surface area contributed by atoms with E-state index in [0.29, 0.717) is 32.9 Å². The van der Waals surface area contributed by atoms with E-state index in [2.05, 4.69) is 15.6 Å². The van der Waals surface area contributed by atoms with E-state index < -0.39 is 0 Å². The van der Waals surface area contributed by atoms with Gasteiger partial charge >= 0.3 is 0 Å². The summed E-state index contributed by atoms with van der Waals surface area (Å²) in [7, 11) is 0. The summed E-state index contributed by atoms with van der Waals surface area (Å²) in [5.74, 6) is -0.586. The van der Waals surface area contributed by atoms with Gasteiger partial charge in [0.25, 0.3) is 0 Å². The zero-order valence-electron chi connectivity index (χ0n) is 15.0. The van der Waals surface area contributed by atoms with Crippen molar-refractivity contribution in [2.45, 2.75) is 0 Å². The van der Waals surface area contributed by atoms with Crippen molar-refractivity contribution < 1.29 is 9.59 Å². The van der Waals surface area contributed by atoms with Crippen LogP contribution in [0.4, 0.5) is 5.69 Å². The second-order valence-corrected chi connectivity index (χ2v) is 6.99. The fourth-order valence-electron chi connectivity index (χ4n) is 3.39. The van der Waals surface area contributed by atoms with Crippen molar-refractivity contribution in [2.75, 3.05) is 5.32 Å². The summed E-state index contributed by atoms with van der Waals surface area (Å²) in [5.41, 5.74) is 2.87. The maximum Gasteiger partial charge on any atom is 0.214 e. The molecule has 0 atom stereocenters. The van der Waals surface area contributed by atoms with Gasteiger partial charge in [0.05, 0.1) is 5.52 Å². The molecule has 0 amide bonds. The summed E-state index contributed by atoms with van der Waals surface area (Å²) in [4.78, 5) is 26.7. The van der Waals surface area contributed by atoms with E-state index in [0.717, 1.165) is 0 Å². The van der Waals surface area contributed by atoms with Crippen LogP contribution in [0.15, 0.2) is 78.5 Å². The number of carbonyl (C=O) groups is 2. The number of benzene rings is 3. The fourth-order valence-corrected chi connectivity index (χ4v) is 3.52. The lowest BCUT2D eigenvalue weighted by Gasteiger charge is -2.22. The van der Waals surface area contributed by atoms with Crippen LogP contribution in [0.1, 0.15) is 20.7 Å². The van der Waals surface area contributed by atoms with Gasteiger partial charge in [0.2, 0.25) is 11.6 Å². The second kappa shape index (κ2) is 6.68. The van der Waals surface area contributed by atoms with Crippen molar-refractivity contribution >= 4 is 45.6 Å². The first-order chi connectivity index (χ1) is 14.1. The van der Waals surface area contributed by atoms with Gasteiger partial charge in [-0.1, -0.05) is 53.2 Å². The smallest absolute Gasteiger partial charge is 0.214 e. The number of anilines is 1. The first-order valence-electron chi connectivity index (χ1n) is 8.89. The Labute approximate surface area is 170 Å². The minimum absolute atomic E-state index is 0.136. The first kappa shape index (κ1) is 17.3. The van der Waals surface area contributed by atoms with E-state index in [4.69, 9.17) is 11.6 Å². The monoisotopic (exact) mass is 400 g/mol. The molecule has 0 radical (unpaired) electrons. The molecule has 0 saturated carbocycles. The van der Waals surface area contributed by atoms with E-state index in [1.54, 1.807) is 60.7 Å². The number of aromatic nitrogens is 3. The molecule has 6 nitrogen and oxygen atoms in total. The number of hydrogen-bond donors (Lipinski definition) is 1. The number of ketones is 2. The van der Waals surface area contributed by atoms with Crippen LogP contribution in [0, 0.1) is 0 Å². The van der Waals surface area contributed by atoms with E-state index in [-0.39, 0.29) is 23.0 Å². The largest absolute Gasteiger partial charge is 0.350 e. The number of halogens is 1. The van der Waals surface area contributed by atoms with Crippen molar-refractivity contribution in [3.63, 3.8) is 0 Å². The van der Waals surface area contributed by atoms with Gasteiger partial charge in [-0.15, -0.1) is 5.10 Å². The van der Waals surface area contributed by atoms with Crippen LogP contribution in [0.5, 0.6) is 0 Å². The Kier molecular flexibility index (Phi) is 4.00. The molecule has 0 aliphatic heterocycles. The molecular weight excluding hydrogens is 388 g/mol. The third-order valence-corrected chi connectivity index (χ3v) is 5.02. The number of allylic oxidation sites excluding steroid dienone is 2. The van der Waals surface area contributed by atoms with Gasteiger partial charge in [-0.3, -0.25) is 9.59 Å². The van der Waals surface area contributed by atoms with Crippen molar-refractivity contribution in [1.29, 1.82) is 0 Å². The number of Topliss-reactive ketones (excluding diaryl/α,β-unsaturated/α-hetero) is 2. The molecule has 140 valence electrons. The van der Waals surface area contributed by atoms with E-state index >= 15 is 0 Å². The lowest BCUT2D eigenvalue weighted by Crippen LogP contribution is -2.28. The molecule has 1 N–H and O–H groups in total. The number of nitrogens with zero attached hydrogens (tertiary/aromatic N) is 3. The van der Waals surface area contributed by atoms with Crippen molar-refractivity contribution in [3.8, 4) is 0 Å². The second-order valence-electron chi connectivity index (χ2n) is 6.55. The summed E-state index contributed by atoms with van der Waals surface area (Å²) < 4.78 is 1.42. The molecule has 1 aliphatic carbocycles. The number of rotatable bonds is 3.